The van der Waals surface area contributed by atoms with E-state index in [0.29, 0.717) is 11.5 Å². The highest BCUT2D eigenvalue weighted by Gasteiger charge is 2.21. The van der Waals surface area contributed by atoms with Crippen molar-refractivity contribution in [2.75, 3.05) is 13.1 Å². The first-order valence-electron chi connectivity index (χ1n) is 9.64. The van der Waals surface area contributed by atoms with E-state index in [4.69, 9.17) is 4.42 Å². The summed E-state index contributed by atoms with van der Waals surface area (Å²) in [6.45, 7) is 3.57. The van der Waals surface area contributed by atoms with Crippen molar-refractivity contribution in [1.82, 2.24) is 15.2 Å². The van der Waals surface area contributed by atoms with Gasteiger partial charge in [0.25, 0.3) is 5.91 Å². The van der Waals surface area contributed by atoms with Gasteiger partial charge in [-0.25, -0.2) is 4.98 Å². The minimum atomic E-state index is -0.109. The number of oxazole rings is 1. The van der Waals surface area contributed by atoms with E-state index in [1.807, 2.05) is 49.6 Å². The molecule has 1 aromatic carbocycles. The normalized spacial score (nSPS) is 23.9. The van der Waals surface area contributed by atoms with Crippen molar-refractivity contribution in [3.05, 3.63) is 83.2 Å². The van der Waals surface area contributed by atoms with Crippen LogP contribution < -0.4 is 5.32 Å². The second kappa shape index (κ2) is 7.14. The quantitative estimate of drug-likeness (QED) is 0.858. The number of nitrogens with one attached hydrogen (secondary N) is 1. The van der Waals surface area contributed by atoms with Crippen molar-refractivity contribution in [2.45, 2.75) is 13.3 Å². The summed E-state index contributed by atoms with van der Waals surface area (Å²) in [4.78, 5) is 23.6. The molecule has 6 heteroatoms. The van der Waals surface area contributed by atoms with E-state index in [1.165, 1.54) is 5.57 Å². The fraction of sp³-hybridized carbons (Fsp3) is 0.174. The van der Waals surface area contributed by atoms with Crippen molar-refractivity contribution in [2.24, 2.45) is 4.99 Å². The third kappa shape index (κ3) is 3.39. The average Bonchev–Trinajstić information content (AvgIpc) is 3.11. The van der Waals surface area contributed by atoms with Gasteiger partial charge in [0.2, 0.25) is 0 Å². The zero-order valence-electron chi connectivity index (χ0n) is 16.1. The summed E-state index contributed by atoms with van der Waals surface area (Å²) < 4.78 is 5.64. The second-order valence-electron chi connectivity index (χ2n) is 7.13. The lowest BCUT2D eigenvalue weighted by molar-refractivity contribution is -0.121. The van der Waals surface area contributed by atoms with Crippen LogP contribution in [0.15, 0.2) is 81.2 Å². The van der Waals surface area contributed by atoms with Gasteiger partial charge in [0.15, 0.2) is 11.5 Å². The molecule has 0 radical (unpaired) electrons. The van der Waals surface area contributed by atoms with Crippen LogP contribution in [0.4, 0.5) is 0 Å². The van der Waals surface area contributed by atoms with Gasteiger partial charge in [-0.3, -0.25) is 14.7 Å². The number of allylic oxidation sites excluding steroid dienone is 6. The minimum Gasteiger partial charge on any atom is -0.441 e. The zero-order valence-corrected chi connectivity index (χ0v) is 16.1. The van der Waals surface area contributed by atoms with Gasteiger partial charge >= 0.3 is 0 Å². The highest BCUT2D eigenvalue weighted by Crippen LogP contribution is 2.27. The molecule has 144 valence electrons. The predicted octanol–water partition coefficient (Wildman–Crippen LogP) is 3.65. The van der Waals surface area contributed by atoms with Crippen molar-refractivity contribution in [1.29, 1.82) is 0 Å². The van der Waals surface area contributed by atoms with Gasteiger partial charge in [0.05, 0.1) is 17.6 Å². The standard InChI is InChI=1S/C23H20N4O2/c1-15-26-20-6-5-18(11-22(20)29-15)17-3-2-4-19-13-25-21(14-27(19)23(28)12-17)16-7-9-24-10-8-16/h2-7,11-14,24H,8-10H2,1H3/b3-2+,17-12+,19-4+. The molecule has 0 bridgehead atoms. The highest BCUT2D eigenvalue weighted by molar-refractivity contribution is 6.03. The maximum Gasteiger partial charge on any atom is 0.255 e. The van der Waals surface area contributed by atoms with E-state index in [1.54, 1.807) is 17.2 Å². The number of rotatable bonds is 2. The van der Waals surface area contributed by atoms with Gasteiger partial charge in [0.1, 0.15) is 5.52 Å². The summed E-state index contributed by atoms with van der Waals surface area (Å²) in [6.07, 6.45) is 14.0. The largest absolute Gasteiger partial charge is 0.441 e. The van der Waals surface area contributed by atoms with Gasteiger partial charge in [-0.05, 0) is 47.9 Å². The molecule has 5 rings (SSSR count). The van der Waals surface area contributed by atoms with E-state index in [-0.39, 0.29) is 5.91 Å². The van der Waals surface area contributed by atoms with Gasteiger partial charge in [0, 0.05) is 25.7 Å². The Morgan fingerprint density at radius 1 is 1.28 bits per heavy atom. The van der Waals surface area contributed by atoms with Crippen molar-refractivity contribution in [3.63, 3.8) is 0 Å². The third-order valence-corrected chi connectivity index (χ3v) is 5.15. The van der Waals surface area contributed by atoms with Crippen LogP contribution in [-0.2, 0) is 4.79 Å². The van der Waals surface area contributed by atoms with Gasteiger partial charge < -0.3 is 9.73 Å². The third-order valence-electron chi connectivity index (χ3n) is 5.15. The van der Waals surface area contributed by atoms with Gasteiger partial charge in [-0.15, -0.1) is 0 Å². The summed E-state index contributed by atoms with van der Waals surface area (Å²) >= 11 is 0. The molecule has 0 spiro atoms. The maximum absolute atomic E-state index is 13.1. The zero-order chi connectivity index (χ0) is 19.8. The smallest absolute Gasteiger partial charge is 0.255 e. The number of aromatic nitrogens is 1. The van der Waals surface area contributed by atoms with E-state index in [2.05, 4.69) is 21.4 Å². The molecule has 4 heterocycles. The second-order valence-corrected chi connectivity index (χ2v) is 7.13. The molecule has 0 fully saturated rings. The number of aryl methyl sites for hydroxylation is 1. The van der Waals surface area contributed by atoms with Crippen molar-refractivity contribution < 1.29 is 9.21 Å². The molecule has 3 aliphatic heterocycles. The lowest BCUT2D eigenvalue weighted by Crippen LogP contribution is -2.28. The summed E-state index contributed by atoms with van der Waals surface area (Å²) in [5.41, 5.74) is 6.01. The molecule has 1 aromatic heterocycles. The van der Waals surface area contributed by atoms with E-state index in [0.717, 1.165) is 47.6 Å². The van der Waals surface area contributed by atoms with Crippen molar-refractivity contribution >= 4 is 28.8 Å². The number of hydrogen-bond donors (Lipinski definition) is 1. The molecule has 0 saturated heterocycles. The Labute approximate surface area is 168 Å². The van der Waals surface area contributed by atoms with Crippen LogP contribution in [0.1, 0.15) is 17.9 Å². The molecule has 1 N–H and O–H groups in total. The van der Waals surface area contributed by atoms with Crippen LogP contribution in [0.5, 0.6) is 0 Å². The van der Waals surface area contributed by atoms with Crippen LogP contribution in [-0.4, -0.2) is 35.1 Å². The van der Waals surface area contributed by atoms with Crippen LogP contribution in [0, 0.1) is 6.92 Å². The summed E-state index contributed by atoms with van der Waals surface area (Å²) in [7, 11) is 0. The summed E-state index contributed by atoms with van der Waals surface area (Å²) in [6, 6.07) is 5.79. The molecule has 1 amide bonds. The van der Waals surface area contributed by atoms with Crippen LogP contribution >= 0.6 is 0 Å². The molecule has 0 unspecified atom stereocenters. The molecule has 0 aliphatic carbocycles. The fourth-order valence-corrected chi connectivity index (χ4v) is 3.66. The molecule has 2 aromatic rings. The number of benzene rings is 1. The van der Waals surface area contributed by atoms with E-state index < -0.39 is 0 Å². The van der Waals surface area contributed by atoms with Crippen LogP contribution in [0.3, 0.4) is 0 Å². The minimum absolute atomic E-state index is 0.109. The first kappa shape index (κ1) is 17.6. The Balaban J connectivity index is 1.51. The topological polar surface area (TPSA) is 70.7 Å². The van der Waals surface area contributed by atoms with Gasteiger partial charge in [-0.2, -0.15) is 0 Å². The number of fused-ring (bicyclic) bond motifs is 2. The molecule has 3 aliphatic rings. The lowest BCUT2D eigenvalue weighted by Gasteiger charge is -2.25. The Kier molecular flexibility index (Phi) is 4.33. The number of carbonyl (C=O) groups excluding carboxylic acids is 1. The highest BCUT2D eigenvalue weighted by atomic mass is 16.3. The van der Waals surface area contributed by atoms with Crippen molar-refractivity contribution in [3.8, 4) is 0 Å². The maximum atomic E-state index is 13.1. The Bertz CT molecular complexity index is 1190. The number of carbonyl (C=O) groups is 1. The summed E-state index contributed by atoms with van der Waals surface area (Å²) in [5, 5.41) is 3.30. The molecule has 6 nitrogen and oxygen atoms in total. The average molecular weight is 384 g/mol. The van der Waals surface area contributed by atoms with Crippen LogP contribution in [0.25, 0.3) is 16.7 Å². The SMILES string of the molecule is Cc1nc2ccc(C3=C\C(=O)N4C=C(C5=CCNCC5)N=C\C4=C/C=C/3)cc2o1. The Hall–Kier alpha value is -3.51. The molecule has 0 atom stereocenters. The number of amides is 1. The predicted molar refractivity (Wildman–Crippen MR) is 113 cm³/mol. The van der Waals surface area contributed by atoms with E-state index >= 15 is 0 Å². The fourth-order valence-electron chi connectivity index (χ4n) is 3.66. The number of nitrogens with zero attached hydrogens (tertiary/aromatic N) is 3. The first-order valence-corrected chi connectivity index (χ1v) is 9.64. The Morgan fingerprint density at radius 3 is 3.07 bits per heavy atom. The lowest BCUT2D eigenvalue weighted by atomic mass is 10.0. The molecular weight excluding hydrogens is 364 g/mol. The monoisotopic (exact) mass is 384 g/mol. The Morgan fingerprint density at radius 2 is 2.21 bits per heavy atom. The number of hydrogen-bond acceptors (Lipinski definition) is 5. The number of aliphatic imine (C=N–C) groups is 1. The van der Waals surface area contributed by atoms with E-state index in [9.17, 15) is 4.79 Å². The molecular formula is C23H20N4O2. The molecule has 29 heavy (non-hydrogen) atoms. The summed E-state index contributed by atoms with van der Waals surface area (Å²) in [5.74, 6) is 0.517. The molecule has 0 saturated carbocycles. The van der Waals surface area contributed by atoms with Crippen LogP contribution in [0.2, 0.25) is 0 Å². The first-order chi connectivity index (χ1) is 14.2. The van der Waals surface area contributed by atoms with Gasteiger partial charge in [-0.1, -0.05) is 24.3 Å².